The van der Waals surface area contributed by atoms with Gasteiger partial charge in [0, 0.05) is 0 Å². The number of hydrogen-bond donors (Lipinski definition) is 0. The van der Waals surface area contributed by atoms with Gasteiger partial charge in [0.05, 0.1) is 0 Å². The van der Waals surface area contributed by atoms with Crippen LogP contribution in [0.25, 0.3) is 0 Å². The molecule has 4 aliphatic carbocycles. The predicted molar refractivity (Wildman–Crippen MR) is 161 cm³/mol. The second-order valence-corrected chi connectivity index (χ2v) is 13.3. The van der Waals surface area contributed by atoms with Crippen molar-refractivity contribution in [2.75, 3.05) is 0 Å². The Morgan fingerprint density at radius 1 is 1.00 bits per heavy atom. The number of rotatable bonds is 5. The molecule has 0 aromatic heterocycles. The Bertz CT molecular complexity index is 718. The molecule has 5 atom stereocenters. The molecule has 0 aromatic carbocycles. The van der Waals surface area contributed by atoms with Crippen LogP contribution in [0.2, 0.25) is 0 Å². The minimum absolute atomic E-state index is 0. The average Bonchev–Trinajstić information content (AvgIpc) is 3.11. The van der Waals surface area contributed by atoms with Gasteiger partial charge in [-0.1, -0.05) is 98.6 Å². The molecule has 204 valence electrons. The van der Waals surface area contributed by atoms with Crippen molar-refractivity contribution < 1.29 is 0 Å². The normalized spacial score (nSPS) is 34.6. The Morgan fingerprint density at radius 3 is 2.23 bits per heavy atom. The van der Waals surface area contributed by atoms with Crippen molar-refractivity contribution in [1.82, 2.24) is 0 Å². The summed E-state index contributed by atoms with van der Waals surface area (Å²) in [5.74, 6) is 3.44. The Labute approximate surface area is 222 Å². The summed E-state index contributed by atoms with van der Waals surface area (Å²) in [6, 6.07) is 0. The lowest BCUT2D eigenvalue weighted by Crippen LogP contribution is -2.48. The third kappa shape index (κ3) is 6.38. The molecule has 35 heavy (non-hydrogen) atoms. The van der Waals surface area contributed by atoms with Crippen LogP contribution in [0, 0.1) is 39.9 Å². The van der Waals surface area contributed by atoms with E-state index in [2.05, 4.69) is 54.7 Å². The first-order valence-corrected chi connectivity index (χ1v) is 15.0. The average molecular weight is 485 g/mol. The van der Waals surface area contributed by atoms with Gasteiger partial charge in [-0.3, -0.25) is 0 Å². The fraction of sp³-hybridized carbons (Fsp3) is 0.829. The Balaban J connectivity index is 0.000000950. The summed E-state index contributed by atoms with van der Waals surface area (Å²) < 4.78 is 0. The van der Waals surface area contributed by atoms with Gasteiger partial charge in [-0.2, -0.15) is 0 Å². The first-order valence-electron chi connectivity index (χ1n) is 15.0. The van der Waals surface area contributed by atoms with E-state index in [0.29, 0.717) is 22.2 Å². The van der Waals surface area contributed by atoms with Crippen LogP contribution in [0.3, 0.4) is 0 Å². The molecule has 0 heterocycles. The third-order valence-corrected chi connectivity index (χ3v) is 10.7. The van der Waals surface area contributed by atoms with Crippen LogP contribution < -0.4 is 0 Å². The molecule has 2 saturated carbocycles. The predicted octanol–water partition coefficient (Wildman–Crippen LogP) is 12.0. The molecule has 0 aromatic rings. The SMILES string of the molecule is C.C=C(CCCC1CCC2C3=C(CCC12C)C1(C)CCCC(C)(C)C1CC3)C(C)C.C=CC.CC. The lowest BCUT2D eigenvalue weighted by atomic mass is 9.46. The summed E-state index contributed by atoms with van der Waals surface area (Å²) in [7, 11) is 0. The van der Waals surface area contributed by atoms with Crippen LogP contribution in [0.1, 0.15) is 147 Å². The van der Waals surface area contributed by atoms with E-state index in [0.717, 1.165) is 17.8 Å². The van der Waals surface area contributed by atoms with Gasteiger partial charge in [0.2, 0.25) is 0 Å². The van der Waals surface area contributed by atoms with Crippen molar-refractivity contribution in [1.29, 1.82) is 0 Å². The van der Waals surface area contributed by atoms with E-state index in [1.165, 1.54) is 82.6 Å². The summed E-state index contributed by atoms with van der Waals surface area (Å²) in [5.41, 5.74) is 7.06. The monoisotopic (exact) mass is 485 g/mol. The summed E-state index contributed by atoms with van der Waals surface area (Å²) in [6.45, 7) is 28.7. The Hall–Kier alpha value is -0.780. The van der Waals surface area contributed by atoms with Gasteiger partial charge in [-0.15, -0.1) is 6.58 Å². The zero-order valence-electron chi connectivity index (χ0n) is 24.8. The Kier molecular flexibility index (Phi) is 12.1. The minimum Gasteiger partial charge on any atom is -0.103 e. The van der Waals surface area contributed by atoms with Crippen LogP contribution in [0.5, 0.6) is 0 Å². The molecule has 2 fully saturated rings. The maximum Gasteiger partial charge on any atom is -0.00802 e. The van der Waals surface area contributed by atoms with Crippen LogP contribution in [-0.4, -0.2) is 0 Å². The fourth-order valence-corrected chi connectivity index (χ4v) is 8.84. The lowest BCUT2D eigenvalue weighted by molar-refractivity contribution is -0.00199. The second-order valence-electron chi connectivity index (χ2n) is 13.3. The smallest absolute Gasteiger partial charge is 0.00802 e. The van der Waals surface area contributed by atoms with Gasteiger partial charge in [0.1, 0.15) is 0 Å². The van der Waals surface area contributed by atoms with Crippen molar-refractivity contribution in [3.63, 3.8) is 0 Å². The van der Waals surface area contributed by atoms with Crippen LogP contribution in [-0.2, 0) is 0 Å². The van der Waals surface area contributed by atoms with E-state index in [1.807, 2.05) is 31.9 Å². The summed E-state index contributed by atoms with van der Waals surface area (Å²) in [6.07, 6.45) is 18.9. The molecule has 4 rings (SSSR count). The highest BCUT2D eigenvalue weighted by Crippen LogP contribution is 2.67. The van der Waals surface area contributed by atoms with Crippen molar-refractivity contribution in [2.45, 2.75) is 147 Å². The van der Waals surface area contributed by atoms with Crippen molar-refractivity contribution in [2.24, 2.45) is 39.9 Å². The lowest BCUT2D eigenvalue weighted by Gasteiger charge is -2.58. The highest BCUT2D eigenvalue weighted by Gasteiger charge is 2.56. The molecule has 5 unspecified atom stereocenters. The summed E-state index contributed by atoms with van der Waals surface area (Å²) >= 11 is 0. The van der Waals surface area contributed by atoms with E-state index in [-0.39, 0.29) is 7.43 Å². The zero-order valence-corrected chi connectivity index (χ0v) is 24.8. The molecular formula is C35H64. The van der Waals surface area contributed by atoms with E-state index in [9.17, 15) is 0 Å². The maximum absolute atomic E-state index is 4.32. The summed E-state index contributed by atoms with van der Waals surface area (Å²) in [5, 5.41) is 0. The van der Waals surface area contributed by atoms with E-state index >= 15 is 0 Å². The standard InChI is InChI=1S/C29H48.C3H6.C2H6.CH4/c1-20(2)21(3)10-8-11-22-12-14-24-23-13-15-26-27(4,5)17-9-18-29(26,7)25(23)16-19-28(22,24)6;1-3-2;1-2;/h20,22,24,26H,3,8-19H2,1-2,4-7H3;3H,1H2,2H3;1-2H3;1H4. The number of fused-ring (bicyclic) bond motifs is 4. The number of hydrogen-bond acceptors (Lipinski definition) is 0. The van der Waals surface area contributed by atoms with Crippen molar-refractivity contribution in [3.8, 4) is 0 Å². The molecule has 0 radical (unpaired) electrons. The van der Waals surface area contributed by atoms with Gasteiger partial charge in [-0.05, 0) is 117 Å². The maximum atomic E-state index is 4.32. The third-order valence-electron chi connectivity index (χ3n) is 10.7. The topological polar surface area (TPSA) is 0 Å². The van der Waals surface area contributed by atoms with Crippen LogP contribution in [0.4, 0.5) is 0 Å². The van der Waals surface area contributed by atoms with Gasteiger partial charge in [-0.25, -0.2) is 0 Å². The fourth-order valence-electron chi connectivity index (χ4n) is 8.84. The highest BCUT2D eigenvalue weighted by molar-refractivity contribution is 5.35. The van der Waals surface area contributed by atoms with Crippen molar-refractivity contribution in [3.05, 3.63) is 36.0 Å². The first kappa shape index (κ1) is 32.2. The molecule has 4 aliphatic rings. The van der Waals surface area contributed by atoms with Crippen LogP contribution in [0.15, 0.2) is 36.0 Å². The molecule has 0 N–H and O–H groups in total. The van der Waals surface area contributed by atoms with E-state index < -0.39 is 0 Å². The van der Waals surface area contributed by atoms with E-state index in [1.54, 1.807) is 6.08 Å². The molecule has 0 saturated heterocycles. The van der Waals surface area contributed by atoms with Gasteiger partial charge >= 0.3 is 0 Å². The Morgan fingerprint density at radius 2 is 1.63 bits per heavy atom. The molecular weight excluding hydrogens is 420 g/mol. The molecule has 0 heteroatoms. The molecule has 0 nitrogen and oxygen atoms in total. The first-order chi connectivity index (χ1) is 16.0. The zero-order chi connectivity index (χ0) is 25.7. The molecule has 0 spiro atoms. The highest BCUT2D eigenvalue weighted by atomic mass is 14.6. The van der Waals surface area contributed by atoms with Crippen molar-refractivity contribution >= 4 is 0 Å². The van der Waals surface area contributed by atoms with Crippen LogP contribution >= 0.6 is 0 Å². The molecule has 0 bridgehead atoms. The van der Waals surface area contributed by atoms with Gasteiger partial charge in [0.15, 0.2) is 0 Å². The van der Waals surface area contributed by atoms with Gasteiger partial charge < -0.3 is 0 Å². The quantitative estimate of drug-likeness (QED) is 0.340. The number of allylic oxidation sites excluding steroid dienone is 4. The molecule has 0 amide bonds. The second kappa shape index (κ2) is 13.1. The largest absolute Gasteiger partial charge is 0.103 e. The van der Waals surface area contributed by atoms with E-state index in [4.69, 9.17) is 0 Å². The van der Waals surface area contributed by atoms with Gasteiger partial charge in [0.25, 0.3) is 0 Å². The molecule has 0 aliphatic heterocycles. The summed E-state index contributed by atoms with van der Waals surface area (Å²) in [4.78, 5) is 0. The minimum atomic E-state index is 0.